The van der Waals surface area contributed by atoms with Crippen LogP contribution >= 0.6 is 0 Å². The summed E-state index contributed by atoms with van der Waals surface area (Å²) in [7, 11) is 0. The van der Waals surface area contributed by atoms with Gasteiger partial charge in [-0.15, -0.1) is 0 Å². The van der Waals surface area contributed by atoms with Gasteiger partial charge in [-0.05, 0) is 38.3 Å². The Bertz CT molecular complexity index is 487. The standard InChI is InChI=1S/C17H27N5O/c23-16-6-1-2-10-21(16)11-4-3-9-20-12-14-22(15-13-20)17-18-7-5-8-19-17/h5,7-8H,1-4,6,9-15H2. The molecular weight excluding hydrogens is 290 g/mol. The summed E-state index contributed by atoms with van der Waals surface area (Å²) < 4.78 is 0. The van der Waals surface area contributed by atoms with Crippen molar-refractivity contribution in [1.29, 1.82) is 0 Å². The van der Waals surface area contributed by atoms with Gasteiger partial charge >= 0.3 is 0 Å². The Labute approximate surface area is 138 Å². The van der Waals surface area contributed by atoms with Crippen LogP contribution < -0.4 is 4.90 Å². The van der Waals surface area contributed by atoms with Crippen molar-refractivity contribution in [2.75, 3.05) is 50.7 Å². The number of hydrogen-bond donors (Lipinski definition) is 0. The molecule has 6 heteroatoms. The number of aromatic nitrogens is 2. The Morgan fingerprint density at radius 1 is 0.913 bits per heavy atom. The molecule has 2 aliphatic rings. The molecule has 0 radical (unpaired) electrons. The van der Waals surface area contributed by atoms with Crippen molar-refractivity contribution in [3.63, 3.8) is 0 Å². The van der Waals surface area contributed by atoms with Gasteiger partial charge in [-0.2, -0.15) is 0 Å². The summed E-state index contributed by atoms with van der Waals surface area (Å²) in [6, 6.07) is 1.85. The third-order valence-corrected chi connectivity index (χ3v) is 4.78. The van der Waals surface area contributed by atoms with Crippen LogP contribution in [0.25, 0.3) is 0 Å². The maximum absolute atomic E-state index is 11.8. The smallest absolute Gasteiger partial charge is 0.225 e. The lowest BCUT2D eigenvalue weighted by Gasteiger charge is -2.34. The first-order chi connectivity index (χ1) is 11.3. The van der Waals surface area contributed by atoms with Crippen molar-refractivity contribution in [3.8, 4) is 0 Å². The summed E-state index contributed by atoms with van der Waals surface area (Å²) in [4.78, 5) is 27.2. The number of carbonyl (C=O) groups is 1. The monoisotopic (exact) mass is 317 g/mol. The van der Waals surface area contributed by atoms with E-state index in [1.165, 1.54) is 12.8 Å². The zero-order valence-corrected chi connectivity index (χ0v) is 13.9. The molecule has 0 bridgehead atoms. The summed E-state index contributed by atoms with van der Waals surface area (Å²) in [5.74, 6) is 1.20. The van der Waals surface area contributed by atoms with Gasteiger partial charge < -0.3 is 9.80 Å². The molecule has 0 atom stereocenters. The third-order valence-electron chi connectivity index (χ3n) is 4.78. The van der Waals surface area contributed by atoms with Gasteiger partial charge in [0, 0.05) is 58.1 Å². The second-order valence-corrected chi connectivity index (χ2v) is 6.42. The second-order valence-electron chi connectivity index (χ2n) is 6.42. The van der Waals surface area contributed by atoms with Crippen molar-refractivity contribution in [2.24, 2.45) is 0 Å². The molecule has 23 heavy (non-hydrogen) atoms. The second kappa shape index (κ2) is 8.24. The predicted molar refractivity (Wildman–Crippen MR) is 90.4 cm³/mol. The minimum Gasteiger partial charge on any atom is -0.343 e. The summed E-state index contributed by atoms with van der Waals surface area (Å²) in [5.41, 5.74) is 0. The summed E-state index contributed by atoms with van der Waals surface area (Å²) >= 11 is 0. The Kier molecular flexibility index (Phi) is 5.80. The lowest BCUT2D eigenvalue weighted by molar-refractivity contribution is -0.133. The number of amides is 1. The first-order valence-electron chi connectivity index (χ1n) is 8.85. The number of hydrogen-bond acceptors (Lipinski definition) is 5. The van der Waals surface area contributed by atoms with E-state index < -0.39 is 0 Å². The first-order valence-corrected chi connectivity index (χ1v) is 8.85. The predicted octanol–water partition coefficient (Wildman–Crippen LogP) is 1.39. The van der Waals surface area contributed by atoms with E-state index in [2.05, 4.69) is 19.8 Å². The number of rotatable bonds is 6. The van der Waals surface area contributed by atoms with Crippen molar-refractivity contribution < 1.29 is 4.79 Å². The number of likely N-dealkylation sites (tertiary alicyclic amines) is 1. The van der Waals surface area contributed by atoms with Crippen LogP contribution in [0.15, 0.2) is 18.5 Å². The van der Waals surface area contributed by atoms with Crippen LogP contribution in [0.1, 0.15) is 32.1 Å². The number of piperidine rings is 1. The van der Waals surface area contributed by atoms with Gasteiger partial charge in [-0.1, -0.05) is 0 Å². The molecule has 0 spiro atoms. The topological polar surface area (TPSA) is 52.6 Å². The quantitative estimate of drug-likeness (QED) is 0.742. The molecule has 0 unspecified atom stereocenters. The minimum atomic E-state index is 0.354. The molecule has 1 aromatic heterocycles. The van der Waals surface area contributed by atoms with Crippen molar-refractivity contribution in [2.45, 2.75) is 32.1 Å². The maximum Gasteiger partial charge on any atom is 0.225 e. The lowest BCUT2D eigenvalue weighted by Crippen LogP contribution is -2.47. The molecule has 2 saturated heterocycles. The van der Waals surface area contributed by atoms with E-state index in [0.29, 0.717) is 5.91 Å². The number of nitrogens with zero attached hydrogens (tertiary/aromatic N) is 5. The average Bonchev–Trinajstić information content (AvgIpc) is 2.61. The van der Waals surface area contributed by atoms with E-state index in [4.69, 9.17) is 0 Å². The highest BCUT2D eigenvalue weighted by molar-refractivity contribution is 5.76. The lowest BCUT2D eigenvalue weighted by atomic mass is 10.1. The molecule has 126 valence electrons. The van der Waals surface area contributed by atoms with E-state index in [1.807, 2.05) is 11.0 Å². The molecule has 3 rings (SSSR count). The van der Waals surface area contributed by atoms with Crippen LogP contribution in [0.4, 0.5) is 5.95 Å². The Hall–Kier alpha value is -1.69. The normalized spacial score (nSPS) is 20.1. The highest BCUT2D eigenvalue weighted by atomic mass is 16.2. The maximum atomic E-state index is 11.8. The summed E-state index contributed by atoms with van der Waals surface area (Å²) in [5, 5.41) is 0. The van der Waals surface area contributed by atoms with Gasteiger partial charge in [0.25, 0.3) is 0 Å². The van der Waals surface area contributed by atoms with E-state index in [-0.39, 0.29) is 0 Å². The van der Waals surface area contributed by atoms with Gasteiger partial charge in [-0.25, -0.2) is 9.97 Å². The zero-order valence-electron chi connectivity index (χ0n) is 13.9. The van der Waals surface area contributed by atoms with E-state index in [0.717, 1.165) is 71.0 Å². The Morgan fingerprint density at radius 2 is 1.65 bits per heavy atom. The van der Waals surface area contributed by atoms with E-state index >= 15 is 0 Å². The van der Waals surface area contributed by atoms with Crippen LogP contribution in [0.5, 0.6) is 0 Å². The van der Waals surface area contributed by atoms with Gasteiger partial charge in [-0.3, -0.25) is 9.69 Å². The fourth-order valence-corrected chi connectivity index (χ4v) is 3.36. The minimum absolute atomic E-state index is 0.354. The van der Waals surface area contributed by atoms with Crippen LogP contribution in [0.3, 0.4) is 0 Å². The SMILES string of the molecule is O=C1CCCCN1CCCCN1CCN(c2ncccn2)CC1. The highest BCUT2D eigenvalue weighted by Gasteiger charge is 2.19. The average molecular weight is 317 g/mol. The zero-order chi connectivity index (χ0) is 15.9. The Morgan fingerprint density at radius 3 is 2.39 bits per heavy atom. The Balaban J connectivity index is 1.31. The van der Waals surface area contributed by atoms with Gasteiger partial charge in [0.15, 0.2) is 0 Å². The number of carbonyl (C=O) groups excluding carboxylic acids is 1. The number of piperazine rings is 1. The molecule has 0 N–H and O–H groups in total. The molecule has 0 saturated carbocycles. The molecule has 3 heterocycles. The highest BCUT2D eigenvalue weighted by Crippen LogP contribution is 2.12. The van der Waals surface area contributed by atoms with Crippen molar-refractivity contribution >= 4 is 11.9 Å². The van der Waals surface area contributed by atoms with E-state index in [1.54, 1.807) is 12.4 Å². The van der Waals surface area contributed by atoms with Gasteiger partial charge in [0.05, 0.1) is 0 Å². The van der Waals surface area contributed by atoms with Crippen LogP contribution in [0.2, 0.25) is 0 Å². The summed E-state index contributed by atoms with van der Waals surface area (Å²) in [6.45, 7) is 7.17. The van der Waals surface area contributed by atoms with Crippen LogP contribution in [0, 0.1) is 0 Å². The largest absolute Gasteiger partial charge is 0.343 e. The molecule has 6 nitrogen and oxygen atoms in total. The number of anilines is 1. The molecule has 0 aliphatic carbocycles. The molecule has 1 amide bonds. The third kappa shape index (κ3) is 4.64. The van der Waals surface area contributed by atoms with Crippen LogP contribution in [-0.2, 0) is 4.79 Å². The fraction of sp³-hybridized carbons (Fsp3) is 0.706. The molecular formula is C17H27N5O. The fourth-order valence-electron chi connectivity index (χ4n) is 3.36. The van der Waals surface area contributed by atoms with Gasteiger partial charge in [0.1, 0.15) is 0 Å². The number of unbranched alkanes of at least 4 members (excludes halogenated alkanes) is 1. The van der Waals surface area contributed by atoms with Crippen LogP contribution in [-0.4, -0.2) is 71.5 Å². The molecule has 0 aromatic carbocycles. The molecule has 1 aromatic rings. The molecule has 2 fully saturated rings. The summed E-state index contributed by atoms with van der Waals surface area (Å²) in [6.07, 6.45) is 8.90. The van der Waals surface area contributed by atoms with Crippen molar-refractivity contribution in [3.05, 3.63) is 18.5 Å². The van der Waals surface area contributed by atoms with Gasteiger partial charge in [0.2, 0.25) is 11.9 Å². The first kappa shape index (κ1) is 16.2. The molecule has 2 aliphatic heterocycles. The van der Waals surface area contributed by atoms with E-state index in [9.17, 15) is 4.79 Å². The van der Waals surface area contributed by atoms with Crippen molar-refractivity contribution in [1.82, 2.24) is 19.8 Å².